The van der Waals surface area contributed by atoms with Crippen LogP contribution in [0.15, 0.2) is 29.2 Å². The van der Waals surface area contributed by atoms with E-state index in [1.165, 1.54) is 23.4 Å². The quantitative estimate of drug-likeness (QED) is 0.759. The molecule has 124 valence electrons. The Morgan fingerprint density at radius 1 is 1.22 bits per heavy atom. The minimum atomic E-state index is -3.53. The summed E-state index contributed by atoms with van der Waals surface area (Å²) in [5.41, 5.74) is 0.499. The third kappa shape index (κ3) is 4.16. The first-order valence-corrected chi connectivity index (χ1v) is 9.01. The summed E-state index contributed by atoms with van der Waals surface area (Å²) < 4.78 is 26.7. The summed E-state index contributed by atoms with van der Waals surface area (Å²) in [5, 5.41) is 8.85. The second kappa shape index (κ2) is 7.21. The van der Waals surface area contributed by atoms with Gasteiger partial charge in [0.1, 0.15) is 0 Å². The van der Waals surface area contributed by atoms with Crippen LogP contribution in [-0.4, -0.2) is 56.1 Å². The Labute approximate surface area is 137 Å². The molecule has 0 amide bonds. The maximum atomic E-state index is 12.6. The zero-order chi connectivity index (χ0) is 17.0. The number of hydrogen-bond acceptors (Lipinski definition) is 5. The second-order valence-electron chi connectivity index (χ2n) is 5.82. The van der Waals surface area contributed by atoms with E-state index in [0.717, 1.165) is 0 Å². The van der Waals surface area contributed by atoms with Crippen molar-refractivity contribution in [3.05, 3.63) is 29.8 Å². The molecule has 2 rings (SSSR count). The first-order valence-electron chi connectivity index (χ1n) is 7.57. The number of sulfonamides is 1. The Morgan fingerprint density at radius 3 is 2.26 bits per heavy atom. The normalized spacial score (nSPS) is 18.3. The topological polar surface area (TPSA) is 81.5 Å². The van der Waals surface area contributed by atoms with Crippen LogP contribution in [0.2, 0.25) is 0 Å². The molecule has 7 heteroatoms. The van der Waals surface area contributed by atoms with E-state index >= 15 is 0 Å². The number of ketones is 1. The van der Waals surface area contributed by atoms with Gasteiger partial charge in [0.15, 0.2) is 5.78 Å². The lowest BCUT2D eigenvalue weighted by atomic mass is 10.2. The fourth-order valence-corrected chi connectivity index (χ4v) is 4.01. The average molecular weight is 335 g/mol. The predicted molar refractivity (Wildman–Crippen MR) is 86.4 cm³/mol. The van der Waals surface area contributed by atoms with Crippen LogP contribution in [0.3, 0.4) is 0 Å². The van der Waals surface area contributed by atoms with E-state index in [2.05, 4.69) is 11.0 Å². The van der Waals surface area contributed by atoms with Crippen LogP contribution < -0.4 is 0 Å². The van der Waals surface area contributed by atoms with Crippen LogP contribution in [0.1, 0.15) is 24.2 Å². The summed E-state index contributed by atoms with van der Waals surface area (Å²) in [6, 6.07) is 8.24. The molecule has 1 aromatic rings. The van der Waals surface area contributed by atoms with E-state index in [4.69, 9.17) is 5.26 Å². The molecule has 0 saturated carbocycles. The summed E-state index contributed by atoms with van der Waals surface area (Å²) in [6.45, 7) is 6.04. The molecule has 1 aliphatic heterocycles. The molecule has 0 N–H and O–H groups in total. The Hall–Kier alpha value is -1.75. The van der Waals surface area contributed by atoms with Crippen molar-refractivity contribution in [2.75, 3.05) is 32.7 Å². The molecule has 0 radical (unpaired) electrons. The molecule has 23 heavy (non-hydrogen) atoms. The Bertz CT molecular complexity index is 699. The van der Waals surface area contributed by atoms with Crippen molar-refractivity contribution in [1.29, 1.82) is 5.26 Å². The van der Waals surface area contributed by atoms with Gasteiger partial charge in [-0.05, 0) is 26.0 Å². The number of rotatable bonds is 5. The van der Waals surface area contributed by atoms with Crippen molar-refractivity contribution >= 4 is 15.8 Å². The lowest BCUT2D eigenvalue weighted by Crippen LogP contribution is -2.49. The molecule has 1 saturated heterocycles. The molecule has 1 aromatic carbocycles. The van der Waals surface area contributed by atoms with E-state index in [1.807, 2.05) is 6.92 Å². The van der Waals surface area contributed by atoms with Gasteiger partial charge in [0.2, 0.25) is 10.0 Å². The van der Waals surface area contributed by atoms with Gasteiger partial charge in [0.25, 0.3) is 0 Å². The lowest BCUT2D eigenvalue weighted by molar-refractivity contribution is 0.101. The van der Waals surface area contributed by atoms with Gasteiger partial charge in [-0.1, -0.05) is 12.1 Å². The van der Waals surface area contributed by atoms with Crippen LogP contribution in [-0.2, 0) is 10.0 Å². The van der Waals surface area contributed by atoms with Crippen molar-refractivity contribution in [2.45, 2.75) is 18.7 Å². The monoisotopic (exact) mass is 335 g/mol. The molecule has 0 aliphatic carbocycles. The molecule has 0 spiro atoms. The number of hydrogen-bond donors (Lipinski definition) is 0. The van der Waals surface area contributed by atoms with Crippen LogP contribution in [0, 0.1) is 17.2 Å². The zero-order valence-corrected chi connectivity index (χ0v) is 14.2. The number of nitrogens with zero attached hydrogens (tertiary/aromatic N) is 3. The highest BCUT2D eigenvalue weighted by Gasteiger charge is 2.28. The molecule has 1 heterocycles. The summed E-state index contributed by atoms with van der Waals surface area (Å²) in [4.78, 5) is 13.6. The number of carbonyl (C=O) groups excluding carboxylic acids is 1. The molecular formula is C16H21N3O3S. The molecule has 6 nitrogen and oxygen atoms in total. The van der Waals surface area contributed by atoms with Gasteiger partial charge >= 0.3 is 0 Å². The average Bonchev–Trinajstić information content (AvgIpc) is 2.55. The molecule has 0 aromatic heterocycles. The standard InChI is InChI=1S/C16H21N3O3S/c1-13(11-17)12-18-7-9-19(10-8-18)23(21,22)16-5-3-15(4-6-16)14(2)20/h3-6,13H,7-10,12H2,1-2H3/t13-/m0/s1. The van der Waals surface area contributed by atoms with Gasteiger partial charge in [0, 0.05) is 38.3 Å². The van der Waals surface area contributed by atoms with Gasteiger partial charge < -0.3 is 0 Å². The van der Waals surface area contributed by atoms with Crippen molar-refractivity contribution in [1.82, 2.24) is 9.21 Å². The van der Waals surface area contributed by atoms with Crippen LogP contribution in [0.5, 0.6) is 0 Å². The molecule has 0 unspecified atom stereocenters. The fraction of sp³-hybridized carbons (Fsp3) is 0.500. The predicted octanol–water partition coefficient (Wildman–Crippen LogP) is 1.36. The van der Waals surface area contributed by atoms with Crippen molar-refractivity contribution < 1.29 is 13.2 Å². The van der Waals surface area contributed by atoms with Gasteiger partial charge in [-0.2, -0.15) is 9.57 Å². The van der Waals surface area contributed by atoms with E-state index in [0.29, 0.717) is 38.3 Å². The highest BCUT2D eigenvalue weighted by Crippen LogP contribution is 2.19. The Morgan fingerprint density at radius 2 is 1.78 bits per heavy atom. The molecular weight excluding hydrogens is 314 g/mol. The van der Waals surface area contributed by atoms with E-state index in [1.54, 1.807) is 12.1 Å². The zero-order valence-electron chi connectivity index (χ0n) is 13.4. The highest BCUT2D eigenvalue weighted by molar-refractivity contribution is 7.89. The smallest absolute Gasteiger partial charge is 0.243 e. The van der Waals surface area contributed by atoms with Crippen molar-refractivity contribution in [3.63, 3.8) is 0 Å². The first kappa shape index (κ1) is 17.6. The summed E-state index contributed by atoms with van der Waals surface area (Å²) >= 11 is 0. The summed E-state index contributed by atoms with van der Waals surface area (Å²) in [5.74, 6) is -0.147. The minimum absolute atomic E-state index is 0.0581. The number of carbonyl (C=O) groups is 1. The van der Waals surface area contributed by atoms with Gasteiger partial charge in [-0.25, -0.2) is 8.42 Å². The largest absolute Gasteiger partial charge is 0.299 e. The minimum Gasteiger partial charge on any atom is -0.299 e. The second-order valence-corrected chi connectivity index (χ2v) is 7.75. The molecule has 0 bridgehead atoms. The maximum absolute atomic E-state index is 12.6. The number of Topliss-reactive ketones (excluding diaryl/α,β-unsaturated/α-hetero) is 1. The molecule has 1 fully saturated rings. The van der Waals surface area contributed by atoms with E-state index in [-0.39, 0.29) is 16.6 Å². The third-order valence-corrected chi connectivity index (χ3v) is 5.90. The van der Waals surface area contributed by atoms with Crippen molar-refractivity contribution in [2.24, 2.45) is 5.92 Å². The number of nitriles is 1. The van der Waals surface area contributed by atoms with Crippen LogP contribution >= 0.6 is 0 Å². The highest BCUT2D eigenvalue weighted by atomic mass is 32.2. The Balaban J connectivity index is 2.04. The van der Waals surface area contributed by atoms with Gasteiger partial charge in [-0.15, -0.1) is 0 Å². The third-order valence-electron chi connectivity index (χ3n) is 3.98. The Kier molecular flexibility index (Phi) is 5.52. The fourth-order valence-electron chi connectivity index (χ4n) is 2.59. The van der Waals surface area contributed by atoms with Crippen LogP contribution in [0.4, 0.5) is 0 Å². The SMILES string of the molecule is CC(=O)c1ccc(S(=O)(=O)N2CCN(C[C@@H](C)C#N)CC2)cc1. The lowest BCUT2D eigenvalue weighted by Gasteiger charge is -2.34. The molecule has 1 atom stereocenters. The molecule has 1 aliphatic rings. The maximum Gasteiger partial charge on any atom is 0.243 e. The van der Waals surface area contributed by atoms with Crippen molar-refractivity contribution in [3.8, 4) is 6.07 Å². The van der Waals surface area contributed by atoms with Gasteiger partial charge in [-0.3, -0.25) is 9.69 Å². The van der Waals surface area contributed by atoms with E-state index in [9.17, 15) is 13.2 Å². The summed E-state index contributed by atoms with van der Waals surface area (Å²) in [7, 11) is -3.53. The van der Waals surface area contributed by atoms with E-state index < -0.39 is 10.0 Å². The summed E-state index contributed by atoms with van der Waals surface area (Å²) in [6.07, 6.45) is 0. The number of piperazine rings is 1. The number of benzene rings is 1. The van der Waals surface area contributed by atoms with Crippen LogP contribution in [0.25, 0.3) is 0 Å². The first-order chi connectivity index (χ1) is 10.8. The van der Waals surface area contributed by atoms with Gasteiger partial charge in [0.05, 0.1) is 16.9 Å².